The maximum absolute atomic E-state index is 13.4. The third kappa shape index (κ3) is 4.05. The first-order valence-corrected chi connectivity index (χ1v) is 11.4. The quantitative estimate of drug-likeness (QED) is 0.245. The lowest BCUT2D eigenvalue weighted by Gasteiger charge is -2.17. The molecule has 0 atom stereocenters. The molecule has 0 saturated carbocycles. The Hall–Kier alpha value is -3.41. The monoisotopic (exact) mass is 453 g/mol. The number of thiocarbonyl (C=S) groups is 1. The molecule has 0 unspecified atom stereocenters. The summed E-state index contributed by atoms with van der Waals surface area (Å²) in [5.74, 6) is 0.612. The number of ether oxygens (including phenoxy) is 1. The van der Waals surface area contributed by atoms with Crippen molar-refractivity contribution in [2.45, 2.75) is 6.61 Å². The average molecular weight is 454 g/mol. The van der Waals surface area contributed by atoms with Crippen LogP contribution in [-0.4, -0.2) is 10.2 Å². The maximum Gasteiger partial charge on any atom is 0.270 e. The molecule has 3 nitrogen and oxygen atoms in total. The number of fused-ring (bicyclic) bond motifs is 1. The Bertz CT molecular complexity index is 1340. The fourth-order valence-electron chi connectivity index (χ4n) is 3.69. The first-order valence-electron chi connectivity index (χ1n) is 10.2. The van der Waals surface area contributed by atoms with E-state index in [0.717, 1.165) is 33.3 Å². The van der Waals surface area contributed by atoms with Crippen LogP contribution in [0.4, 0.5) is 5.69 Å². The van der Waals surface area contributed by atoms with Gasteiger partial charge in [0.15, 0.2) is 4.32 Å². The number of thioether (sulfide) groups is 1. The van der Waals surface area contributed by atoms with E-state index < -0.39 is 0 Å². The van der Waals surface area contributed by atoms with Gasteiger partial charge in [0.2, 0.25) is 0 Å². The second-order valence-corrected chi connectivity index (χ2v) is 9.00. The molecule has 0 aliphatic carbocycles. The van der Waals surface area contributed by atoms with E-state index in [0.29, 0.717) is 15.8 Å². The summed E-state index contributed by atoms with van der Waals surface area (Å²) in [6.45, 7) is 0.461. The number of carbonyl (C=O) groups excluding carboxylic acids is 1. The summed E-state index contributed by atoms with van der Waals surface area (Å²) in [4.78, 5) is 15.6. The average Bonchev–Trinajstić information content (AvgIpc) is 3.11. The molecule has 1 heterocycles. The number of rotatable bonds is 5. The van der Waals surface area contributed by atoms with E-state index in [2.05, 4.69) is 0 Å². The molecular formula is C27H19NO2S2. The third-order valence-corrected chi connectivity index (χ3v) is 6.55. The second-order valence-electron chi connectivity index (χ2n) is 7.33. The van der Waals surface area contributed by atoms with Crippen LogP contribution in [0.2, 0.25) is 0 Å². The number of hydrogen-bond acceptors (Lipinski definition) is 4. The molecule has 1 aliphatic rings. The predicted molar refractivity (Wildman–Crippen MR) is 137 cm³/mol. The fraction of sp³-hybridized carbons (Fsp3) is 0.0370. The molecule has 1 fully saturated rings. The molecule has 32 heavy (non-hydrogen) atoms. The zero-order chi connectivity index (χ0) is 21.9. The summed E-state index contributed by atoms with van der Waals surface area (Å²) in [7, 11) is 0. The van der Waals surface area contributed by atoms with E-state index in [4.69, 9.17) is 17.0 Å². The number of anilines is 1. The van der Waals surface area contributed by atoms with Gasteiger partial charge < -0.3 is 4.74 Å². The number of amides is 1. The van der Waals surface area contributed by atoms with Crippen LogP contribution in [0.1, 0.15) is 11.1 Å². The van der Waals surface area contributed by atoms with Gasteiger partial charge in [-0.3, -0.25) is 9.69 Å². The van der Waals surface area contributed by atoms with Crippen LogP contribution in [0.25, 0.3) is 16.8 Å². The van der Waals surface area contributed by atoms with Gasteiger partial charge in [0, 0.05) is 10.9 Å². The highest BCUT2D eigenvalue weighted by molar-refractivity contribution is 8.27. The molecule has 0 aromatic heterocycles. The van der Waals surface area contributed by atoms with Crippen molar-refractivity contribution in [3.63, 3.8) is 0 Å². The summed E-state index contributed by atoms with van der Waals surface area (Å²) < 4.78 is 6.58. The SMILES string of the molecule is O=C1/C(=C/c2ccccc2OCc2ccccc2)SC(=S)N1c1cccc2ccccc12. The molecule has 1 amide bonds. The number of hydrogen-bond donors (Lipinski definition) is 0. The molecule has 5 heteroatoms. The molecular weight excluding hydrogens is 434 g/mol. The van der Waals surface area contributed by atoms with Crippen LogP contribution in [0.5, 0.6) is 5.75 Å². The zero-order valence-electron chi connectivity index (χ0n) is 17.1. The molecule has 0 spiro atoms. The minimum absolute atomic E-state index is 0.116. The van der Waals surface area contributed by atoms with Gasteiger partial charge in [-0.2, -0.15) is 0 Å². The summed E-state index contributed by atoms with van der Waals surface area (Å²) in [5, 5.41) is 2.07. The standard InChI is InChI=1S/C27H19NO2S2/c29-26-25(17-21-12-5-7-16-24(21)30-18-19-9-2-1-3-10-19)32-27(31)28(26)23-15-8-13-20-11-4-6-14-22(20)23/h1-17H,18H2/b25-17-. The van der Waals surface area contributed by atoms with Crippen LogP contribution in [0.15, 0.2) is 102 Å². The minimum atomic E-state index is -0.116. The zero-order valence-corrected chi connectivity index (χ0v) is 18.7. The van der Waals surface area contributed by atoms with E-state index in [1.807, 2.05) is 103 Å². The van der Waals surface area contributed by atoms with Crippen molar-refractivity contribution < 1.29 is 9.53 Å². The van der Waals surface area contributed by atoms with Crippen LogP contribution in [-0.2, 0) is 11.4 Å². The van der Waals surface area contributed by atoms with Crippen LogP contribution in [0, 0.1) is 0 Å². The molecule has 0 N–H and O–H groups in total. The van der Waals surface area contributed by atoms with Gasteiger partial charge in [0.05, 0.1) is 10.6 Å². The van der Waals surface area contributed by atoms with Crippen molar-refractivity contribution >= 4 is 56.7 Å². The summed E-state index contributed by atoms with van der Waals surface area (Å²) in [6.07, 6.45) is 1.87. The van der Waals surface area contributed by atoms with Crippen molar-refractivity contribution in [2.75, 3.05) is 4.90 Å². The Morgan fingerprint density at radius 3 is 2.44 bits per heavy atom. The first-order chi connectivity index (χ1) is 15.7. The number of benzene rings is 4. The normalized spacial score (nSPS) is 15.0. The van der Waals surface area contributed by atoms with Gasteiger partial charge in [-0.1, -0.05) is 109 Å². The van der Waals surface area contributed by atoms with Crippen molar-refractivity contribution in [3.8, 4) is 5.75 Å². The predicted octanol–water partition coefficient (Wildman–Crippen LogP) is 6.82. The molecule has 5 rings (SSSR count). The Labute approximate surface area is 196 Å². The van der Waals surface area contributed by atoms with E-state index in [1.165, 1.54) is 11.8 Å². The van der Waals surface area contributed by atoms with Crippen molar-refractivity contribution in [1.29, 1.82) is 0 Å². The second kappa shape index (κ2) is 8.99. The van der Waals surface area contributed by atoms with Crippen LogP contribution in [0.3, 0.4) is 0 Å². The lowest BCUT2D eigenvalue weighted by atomic mass is 10.1. The minimum Gasteiger partial charge on any atom is -0.488 e. The topological polar surface area (TPSA) is 29.5 Å². The molecule has 4 aromatic carbocycles. The van der Waals surface area contributed by atoms with E-state index >= 15 is 0 Å². The Morgan fingerprint density at radius 2 is 1.56 bits per heavy atom. The summed E-state index contributed by atoms with van der Waals surface area (Å²) in [5.41, 5.74) is 2.74. The van der Waals surface area contributed by atoms with Crippen molar-refractivity contribution in [1.82, 2.24) is 0 Å². The highest BCUT2D eigenvalue weighted by Crippen LogP contribution is 2.39. The summed E-state index contributed by atoms with van der Waals surface area (Å²) >= 11 is 6.92. The molecule has 0 bridgehead atoms. The smallest absolute Gasteiger partial charge is 0.270 e. The van der Waals surface area contributed by atoms with E-state index in [9.17, 15) is 4.79 Å². The lowest BCUT2D eigenvalue weighted by Crippen LogP contribution is -2.27. The van der Waals surface area contributed by atoms with Gasteiger partial charge in [-0.25, -0.2) is 0 Å². The van der Waals surface area contributed by atoms with Crippen molar-refractivity contribution in [3.05, 3.63) is 113 Å². The third-order valence-electron chi connectivity index (χ3n) is 5.24. The fourth-order valence-corrected chi connectivity index (χ4v) is 4.96. The molecule has 1 saturated heterocycles. The number of carbonyl (C=O) groups is 1. The molecule has 156 valence electrons. The molecule has 4 aromatic rings. The van der Waals surface area contributed by atoms with E-state index in [1.54, 1.807) is 4.90 Å². The molecule has 1 aliphatic heterocycles. The van der Waals surface area contributed by atoms with Gasteiger partial charge in [-0.15, -0.1) is 0 Å². The largest absolute Gasteiger partial charge is 0.488 e. The summed E-state index contributed by atoms with van der Waals surface area (Å²) in [6, 6.07) is 31.7. The van der Waals surface area contributed by atoms with Gasteiger partial charge >= 0.3 is 0 Å². The Kier molecular flexibility index (Phi) is 5.75. The highest BCUT2D eigenvalue weighted by atomic mass is 32.2. The van der Waals surface area contributed by atoms with Gasteiger partial charge in [0.25, 0.3) is 5.91 Å². The van der Waals surface area contributed by atoms with E-state index in [-0.39, 0.29) is 5.91 Å². The van der Waals surface area contributed by atoms with Crippen molar-refractivity contribution in [2.24, 2.45) is 0 Å². The first kappa shape index (κ1) is 20.5. The number of nitrogens with zero attached hydrogens (tertiary/aromatic N) is 1. The van der Waals surface area contributed by atoms with Gasteiger partial charge in [0.1, 0.15) is 12.4 Å². The van der Waals surface area contributed by atoms with Crippen LogP contribution < -0.4 is 9.64 Å². The van der Waals surface area contributed by atoms with Gasteiger partial charge in [-0.05, 0) is 29.2 Å². The Morgan fingerprint density at radius 1 is 0.844 bits per heavy atom. The Balaban J connectivity index is 1.45. The lowest BCUT2D eigenvalue weighted by molar-refractivity contribution is -0.113. The maximum atomic E-state index is 13.4. The number of para-hydroxylation sites is 1. The molecule has 0 radical (unpaired) electrons. The van der Waals surface area contributed by atoms with Crippen LogP contribution >= 0.6 is 24.0 Å². The highest BCUT2D eigenvalue weighted by Gasteiger charge is 2.34.